The second kappa shape index (κ2) is 150. The monoisotopic (exact) mass is 310 g/mol. The van der Waals surface area contributed by atoms with Crippen molar-refractivity contribution in [3.05, 3.63) is 30.6 Å². The Morgan fingerprint density at radius 3 is 0.444 bits per heavy atom. The molecule has 18 heteroatoms. The molecule has 18 heavy (non-hydrogen) atoms. The van der Waals surface area contributed by atoms with Gasteiger partial charge in [-0.3, -0.25) is 0 Å². The Morgan fingerprint density at radius 2 is 0.444 bits per heavy atom. The van der Waals surface area contributed by atoms with Crippen LogP contribution in [0.4, 0.5) is 0 Å². The van der Waals surface area contributed by atoms with Crippen molar-refractivity contribution in [2.75, 3.05) is 0 Å². The normalized spacial score (nSPS) is 2.67. The molecule has 0 heterocycles. The van der Waals surface area contributed by atoms with Gasteiger partial charge in [0, 0.05) is 0 Å². The van der Waals surface area contributed by atoms with Gasteiger partial charge >= 0.3 is 23.1 Å². The molecule has 0 fully saturated rings. The molecule has 120 valence electrons. The molecule has 17 nitrogen and oxygen atoms in total. The average Bonchev–Trinajstić information content (AvgIpc) is 1.25. The van der Waals surface area contributed by atoms with Crippen LogP contribution in [-0.4, -0.2) is 82.5 Å². The standard InChI is InChI=1S/Mg.2NO3.9H2O/c;2*2-1(3)4;;;;;;;;;/h;;;9*1H2/q+2;2*-1;;;;;;;;;. The van der Waals surface area contributed by atoms with Gasteiger partial charge in [-0.1, -0.05) is 0 Å². The Kier molecular flexibility index (Phi) is 1510. The van der Waals surface area contributed by atoms with Crippen molar-refractivity contribution >= 4 is 23.1 Å². The molecular formula is H18MgN2O15. The van der Waals surface area contributed by atoms with E-state index in [4.69, 9.17) is 30.6 Å². The first-order valence-corrected chi connectivity index (χ1v) is 1.10. The van der Waals surface area contributed by atoms with E-state index in [2.05, 4.69) is 0 Å². The fourth-order valence-corrected chi connectivity index (χ4v) is 0. The van der Waals surface area contributed by atoms with Crippen LogP contribution in [0.2, 0.25) is 0 Å². The average molecular weight is 310 g/mol. The molecule has 0 radical (unpaired) electrons. The minimum atomic E-state index is -1.75. The molecule has 0 aliphatic carbocycles. The summed E-state index contributed by atoms with van der Waals surface area (Å²) in [7, 11) is 0. The van der Waals surface area contributed by atoms with Gasteiger partial charge in [-0.15, -0.1) is 0 Å². The summed E-state index contributed by atoms with van der Waals surface area (Å²) in [5.74, 6) is 0. The third kappa shape index (κ3) is 1980. The molecule has 0 aromatic carbocycles. The number of rotatable bonds is 0. The second-order valence-corrected chi connectivity index (χ2v) is 0.447. The van der Waals surface area contributed by atoms with Crippen molar-refractivity contribution in [1.82, 2.24) is 0 Å². The van der Waals surface area contributed by atoms with Gasteiger partial charge in [0.2, 0.25) is 0 Å². The summed E-state index contributed by atoms with van der Waals surface area (Å²) in [6, 6.07) is 0. The smallest absolute Gasteiger partial charge is 0.412 e. The number of hydrogen-bond acceptors (Lipinski definition) is 6. The molecule has 0 unspecified atom stereocenters. The van der Waals surface area contributed by atoms with Gasteiger partial charge in [0.1, 0.15) is 0 Å². The van der Waals surface area contributed by atoms with E-state index in [-0.39, 0.29) is 72.3 Å². The molecule has 0 saturated carbocycles. The van der Waals surface area contributed by atoms with Gasteiger partial charge in [0.15, 0.2) is 0 Å². The molecule has 0 aromatic heterocycles. The SMILES string of the molecule is O.O.O.O.O.O.O.O.O.O=[N+]([O-])[O-].O=[N+]([O-])[O-].[Mg+2]. The topological polar surface area (TPSA) is 416 Å². The maximum Gasteiger partial charge on any atom is 2.00 e. The Morgan fingerprint density at radius 1 is 0.444 bits per heavy atom. The van der Waals surface area contributed by atoms with Crippen LogP contribution in [0.15, 0.2) is 0 Å². The van der Waals surface area contributed by atoms with E-state index >= 15 is 0 Å². The molecule has 0 saturated heterocycles. The first kappa shape index (κ1) is 182. The number of hydrogen-bond donors (Lipinski definition) is 0. The molecule has 0 aliphatic rings. The van der Waals surface area contributed by atoms with Crippen molar-refractivity contribution in [2.45, 2.75) is 0 Å². The minimum absolute atomic E-state index is 0. The Hall–Kier alpha value is -1.19. The van der Waals surface area contributed by atoms with E-state index in [1.54, 1.807) is 0 Å². The van der Waals surface area contributed by atoms with Crippen LogP contribution >= 0.6 is 0 Å². The van der Waals surface area contributed by atoms with Gasteiger partial charge in [-0.2, -0.15) is 0 Å². The summed E-state index contributed by atoms with van der Waals surface area (Å²) in [6.45, 7) is 0. The molecule has 18 N–H and O–H groups in total. The van der Waals surface area contributed by atoms with Crippen molar-refractivity contribution in [2.24, 2.45) is 0 Å². The van der Waals surface area contributed by atoms with Crippen LogP contribution in [0.5, 0.6) is 0 Å². The van der Waals surface area contributed by atoms with Crippen LogP contribution in [0.25, 0.3) is 0 Å². The second-order valence-electron chi connectivity index (χ2n) is 0.447. The molecule has 0 spiro atoms. The molecule has 0 amide bonds. The molecule has 0 atom stereocenters. The fraction of sp³-hybridized carbons (Fsp3) is 0. The van der Waals surface area contributed by atoms with Crippen molar-refractivity contribution in [3.63, 3.8) is 0 Å². The van der Waals surface area contributed by atoms with E-state index < -0.39 is 10.2 Å². The summed E-state index contributed by atoms with van der Waals surface area (Å²) in [5, 5.41) is 29.5. The quantitative estimate of drug-likeness (QED) is 0.237. The Bertz CT molecular complexity index is 72.5. The first-order chi connectivity index (χ1) is 3.46. The first-order valence-electron chi connectivity index (χ1n) is 1.10. The van der Waals surface area contributed by atoms with Gasteiger partial charge < -0.3 is 79.9 Å². The third-order valence-corrected chi connectivity index (χ3v) is 0. The van der Waals surface area contributed by atoms with E-state index in [0.29, 0.717) is 0 Å². The van der Waals surface area contributed by atoms with Gasteiger partial charge in [-0.05, 0) is 0 Å². The minimum Gasteiger partial charge on any atom is -0.412 e. The van der Waals surface area contributed by atoms with E-state index in [9.17, 15) is 0 Å². The van der Waals surface area contributed by atoms with Crippen LogP contribution < -0.4 is 0 Å². The Balaban J connectivity index is -0.00000000257. The predicted octanol–water partition coefficient (Wildman–Crippen LogP) is -8.28. The largest absolute Gasteiger partial charge is 2.00 e. The molecule has 0 aliphatic heterocycles. The summed E-state index contributed by atoms with van der Waals surface area (Å²) in [6.07, 6.45) is 0. The van der Waals surface area contributed by atoms with Gasteiger partial charge in [0.25, 0.3) is 0 Å². The summed E-state index contributed by atoms with van der Waals surface area (Å²) < 4.78 is 0. The Labute approximate surface area is 114 Å². The van der Waals surface area contributed by atoms with Crippen molar-refractivity contribution in [1.29, 1.82) is 0 Å². The summed E-state index contributed by atoms with van der Waals surface area (Å²) in [5.41, 5.74) is 0. The van der Waals surface area contributed by atoms with E-state index in [0.717, 1.165) is 0 Å². The zero-order chi connectivity index (χ0) is 7.15. The third-order valence-electron chi connectivity index (χ3n) is 0. The summed E-state index contributed by atoms with van der Waals surface area (Å²) in [4.78, 5) is 16.5. The summed E-state index contributed by atoms with van der Waals surface area (Å²) >= 11 is 0. The van der Waals surface area contributed by atoms with Crippen molar-refractivity contribution < 1.29 is 59.5 Å². The molecule has 0 aromatic rings. The maximum atomic E-state index is 8.25. The molecular weight excluding hydrogens is 292 g/mol. The van der Waals surface area contributed by atoms with Crippen LogP contribution in [0.1, 0.15) is 0 Å². The molecule has 0 bridgehead atoms. The zero-order valence-corrected chi connectivity index (χ0v) is 9.97. The van der Waals surface area contributed by atoms with Crippen LogP contribution in [0, 0.1) is 30.6 Å². The number of nitrogens with zero attached hydrogens (tertiary/aromatic N) is 2. The van der Waals surface area contributed by atoms with Crippen molar-refractivity contribution in [3.8, 4) is 0 Å². The van der Waals surface area contributed by atoms with E-state index in [1.807, 2.05) is 0 Å². The predicted molar refractivity (Wildman–Crippen MR) is 59.0 cm³/mol. The maximum absolute atomic E-state index is 8.25. The van der Waals surface area contributed by atoms with Gasteiger partial charge in [0.05, 0.1) is 10.2 Å². The van der Waals surface area contributed by atoms with Gasteiger partial charge in [-0.25, -0.2) is 0 Å². The molecule has 0 rings (SSSR count). The van der Waals surface area contributed by atoms with E-state index in [1.165, 1.54) is 0 Å². The zero-order valence-electron chi connectivity index (χ0n) is 8.55. The van der Waals surface area contributed by atoms with Crippen LogP contribution in [0.3, 0.4) is 0 Å². The fourth-order valence-electron chi connectivity index (χ4n) is 0. The van der Waals surface area contributed by atoms with Crippen LogP contribution in [-0.2, 0) is 0 Å².